The number of carbonyl (C=O) groups is 4. The molecule has 1 saturated heterocycles. The van der Waals surface area contributed by atoms with Crippen LogP contribution < -0.4 is 15.5 Å². The minimum absolute atomic E-state index is 0.118. The molecule has 194 valence electrons. The van der Waals surface area contributed by atoms with Gasteiger partial charge in [-0.3, -0.25) is 25.0 Å². The highest BCUT2D eigenvalue weighted by atomic mass is 19.4. The van der Waals surface area contributed by atoms with Crippen molar-refractivity contribution in [2.75, 3.05) is 11.4 Å². The van der Waals surface area contributed by atoms with Crippen LogP contribution in [0, 0.1) is 5.41 Å². The number of anilines is 1. The Balaban J connectivity index is 1.67. The van der Waals surface area contributed by atoms with Gasteiger partial charge in [-0.25, -0.2) is 9.78 Å². The molecule has 1 aliphatic rings. The number of alkyl halides is 3. The Morgan fingerprint density at radius 3 is 2.19 bits per heavy atom. The minimum atomic E-state index is -5.27. The number of aromatic nitrogens is 2. The molecule has 9 nitrogen and oxygen atoms in total. The molecule has 5 amide bonds. The van der Waals surface area contributed by atoms with Gasteiger partial charge >= 0.3 is 18.1 Å². The minimum Gasteiger partial charge on any atom is -0.323 e. The molecule has 3 aromatic rings. The van der Waals surface area contributed by atoms with Crippen LogP contribution in [0.1, 0.15) is 38.1 Å². The highest BCUT2D eigenvalue weighted by Crippen LogP contribution is 2.30. The summed E-state index contributed by atoms with van der Waals surface area (Å²) in [5.74, 6) is -3.50. The number of hydrogen-bond acceptors (Lipinski definition) is 5. The van der Waals surface area contributed by atoms with E-state index in [-0.39, 0.29) is 11.6 Å². The zero-order valence-electron chi connectivity index (χ0n) is 20.2. The SMILES string of the molecule is CC(C)c1nc2ccccc2n1Cc1ccc(N(CC2(C)C(=O)NC(=O)NC2=O)C(=O)C(F)(F)F)cc1. The predicted molar refractivity (Wildman–Crippen MR) is 128 cm³/mol. The third kappa shape index (κ3) is 4.91. The number of para-hydroxylation sites is 2. The Morgan fingerprint density at radius 2 is 1.62 bits per heavy atom. The Kier molecular flexibility index (Phi) is 6.53. The molecule has 0 bridgehead atoms. The molecule has 1 fully saturated rings. The van der Waals surface area contributed by atoms with Gasteiger partial charge in [0.2, 0.25) is 11.8 Å². The maximum atomic E-state index is 13.5. The van der Waals surface area contributed by atoms with Crippen LogP contribution in [0.25, 0.3) is 11.0 Å². The Labute approximate surface area is 209 Å². The molecule has 2 heterocycles. The third-order valence-electron chi connectivity index (χ3n) is 6.21. The molecule has 12 heteroatoms. The fraction of sp³-hybridized carbons (Fsp3) is 0.320. The summed E-state index contributed by atoms with van der Waals surface area (Å²) in [6.07, 6.45) is -5.27. The number of hydrogen-bond donors (Lipinski definition) is 2. The van der Waals surface area contributed by atoms with Crippen molar-refractivity contribution >= 4 is 40.5 Å². The van der Waals surface area contributed by atoms with Gasteiger partial charge in [-0.2, -0.15) is 13.2 Å². The van der Waals surface area contributed by atoms with E-state index in [1.54, 1.807) is 12.1 Å². The molecule has 0 unspecified atom stereocenters. The van der Waals surface area contributed by atoms with Crippen molar-refractivity contribution in [1.82, 2.24) is 20.2 Å². The molecule has 0 aliphatic carbocycles. The van der Waals surface area contributed by atoms with E-state index in [2.05, 4.69) is 4.98 Å². The van der Waals surface area contributed by atoms with Gasteiger partial charge in [0.15, 0.2) is 0 Å². The molecule has 0 spiro atoms. The van der Waals surface area contributed by atoms with E-state index in [1.165, 1.54) is 12.1 Å². The fourth-order valence-electron chi connectivity index (χ4n) is 4.17. The molecule has 4 rings (SSSR count). The van der Waals surface area contributed by atoms with E-state index >= 15 is 0 Å². The molecule has 0 atom stereocenters. The summed E-state index contributed by atoms with van der Waals surface area (Å²) in [7, 11) is 0. The number of amides is 5. The Bertz CT molecular complexity index is 1380. The van der Waals surface area contributed by atoms with Gasteiger partial charge in [0.1, 0.15) is 11.2 Å². The van der Waals surface area contributed by atoms with Gasteiger partial charge in [-0.1, -0.05) is 38.1 Å². The first-order valence-corrected chi connectivity index (χ1v) is 11.4. The second kappa shape index (κ2) is 9.34. The van der Waals surface area contributed by atoms with E-state index in [1.807, 2.05) is 53.3 Å². The van der Waals surface area contributed by atoms with Crippen LogP contribution in [0.2, 0.25) is 0 Å². The zero-order valence-corrected chi connectivity index (χ0v) is 20.2. The highest BCUT2D eigenvalue weighted by Gasteiger charge is 2.51. The number of fused-ring (bicyclic) bond motifs is 1. The Morgan fingerprint density at radius 1 is 1.03 bits per heavy atom. The first-order valence-electron chi connectivity index (χ1n) is 11.4. The number of rotatable bonds is 6. The molecule has 37 heavy (non-hydrogen) atoms. The van der Waals surface area contributed by atoms with Gasteiger partial charge < -0.3 is 9.47 Å². The number of barbiturate groups is 1. The maximum absolute atomic E-state index is 13.5. The van der Waals surface area contributed by atoms with E-state index in [0.717, 1.165) is 29.3 Å². The second-order valence-corrected chi connectivity index (χ2v) is 9.32. The van der Waals surface area contributed by atoms with Gasteiger partial charge in [-0.05, 0) is 36.8 Å². The van der Waals surface area contributed by atoms with E-state index in [9.17, 15) is 32.3 Å². The normalized spacial score (nSPS) is 15.6. The number of nitrogens with one attached hydrogen (secondary N) is 2. The van der Waals surface area contributed by atoms with Crippen molar-refractivity contribution in [1.29, 1.82) is 0 Å². The van der Waals surface area contributed by atoms with Crippen molar-refractivity contribution < 1.29 is 32.3 Å². The van der Waals surface area contributed by atoms with Crippen LogP contribution in [-0.2, 0) is 20.9 Å². The smallest absolute Gasteiger partial charge is 0.323 e. The average Bonchev–Trinajstić information content (AvgIpc) is 3.19. The molecular weight excluding hydrogens is 491 g/mol. The fourth-order valence-corrected chi connectivity index (χ4v) is 4.17. The van der Waals surface area contributed by atoms with Gasteiger partial charge in [0.25, 0.3) is 0 Å². The standard InChI is InChI=1S/C25H24F3N5O4/c1-14(2)19-29-17-6-4-5-7-18(17)32(19)12-15-8-10-16(11-9-15)33(22(36)25(26,27)28)13-24(3)20(34)30-23(37)31-21(24)35/h4-11,14H,12-13H2,1-3H3,(H2,30,31,34,35,37). The topological polar surface area (TPSA) is 113 Å². The van der Waals surface area contributed by atoms with Crippen molar-refractivity contribution in [3.05, 3.63) is 59.9 Å². The molecule has 2 N–H and O–H groups in total. The zero-order chi connectivity index (χ0) is 27.1. The van der Waals surface area contributed by atoms with E-state index < -0.39 is 41.9 Å². The van der Waals surface area contributed by atoms with Crippen molar-refractivity contribution in [3.63, 3.8) is 0 Å². The quantitative estimate of drug-likeness (QED) is 0.488. The van der Waals surface area contributed by atoms with Crippen LogP contribution in [0.4, 0.5) is 23.7 Å². The van der Waals surface area contributed by atoms with Crippen LogP contribution in [0.5, 0.6) is 0 Å². The first kappa shape index (κ1) is 25.9. The van der Waals surface area contributed by atoms with E-state index in [4.69, 9.17) is 0 Å². The summed E-state index contributed by atoms with van der Waals surface area (Å²) in [6, 6.07) is 12.3. The monoisotopic (exact) mass is 515 g/mol. The van der Waals surface area contributed by atoms with E-state index in [0.29, 0.717) is 11.4 Å². The summed E-state index contributed by atoms with van der Waals surface area (Å²) in [5.41, 5.74) is 0.166. The summed E-state index contributed by atoms with van der Waals surface area (Å²) in [6.45, 7) is 4.53. The average molecular weight is 515 g/mol. The number of halogens is 3. The van der Waals surface area contributed by atoms with Crippen LogP contribution in [0.15, 0.2) is 48.5 Å². The lowest BCUT2D eigenvalue weighted by molar-refractivity contribution is -0.171. The van der Waals surface area contributed by atoms with Crippen molar-refractivity contribution in [2.24, 2.45) is 5.41 Å². The molecule has 0 radical (unpaired) electrons. The summed E-state index contributed by atoms with van der Waals surface area (Å²) < 4.78 is 42.4. The third-order valence-corrected chi connectivity index (χ3v) is 6.21. The lowest BCUT2D eigenvalue weighted by atomic mass is 9.86. The summed E-state index contributed by atoms with van der Waals surface area (Å²) in [5, 5.41) is 3.72. The summed E-state index contributed by atoms with van der Waals surface area (Å²) in [4.78, 5) is 53.5. The number of carbonyl (C=O) groups excluding carboxylic acids is 4. The van der Waals surface area contributed by atoms with Gasteiger partial charge in [-0.15, -0.1) is 0 Å². The molecule has 1 aromatic heterocycles. The number of imidazole rings is 1. The number of imide groups is 2. The van der Waals surface area contributed by atoms with Crippen LogP contribution >= 0.6 is 0 Å². The molecular formula is C25H24F3N5O4. The van der Waals surface area contributed by atoms with Crippen molar-refractivity contribution in [3.8, 4) is 0 Å². The maximum Gasteiger partial charge on any atom is 0.471 e. The number of benzene rings is 2. The lowest BCUT2D eigenvalue weighted by Gasteiger charge is -2.35. The lowest BCUT2D eigenvalue weighted by Crippen LogP contribution is -2.65. The van der Waals surface area contributed by atoms with Crippen LogP contribution in [0.3, 0.4) is 0 Å². The molecule has 0 saturated carbocycles. The first-order chi connectivity index (χ1) is 17.3. The Hall–Kier alpha value is -4.22. The molecule has 2 aromatic carbocycles. The number of nitrogens with zero attached hydrogens (tertiary/aromatic N) is 3. The number of urea groups is 1. The van der Waals surface area contributed by atoms with Gasteiger partial charge in [0, 0.05) is 24.7 Å². The summed E-state index contributed by atoms with van der Waals surface area (Å²) >= 11 is 0. The molecule has 1 aliphatic heterocycles. The van der Waals surface area contributed by atoms with Gasteiger partial charge in [0.05, 0.1) is 11.0 Å². The second-order valence-electron chi connectivity index (χ2n) is 9.32. The predicted octanol–water partition coefficient (Wildman–Crippen LogP) is 3.48. The highest BCUT2D eigenvalue weighted by molar-refractivity contribution is 6.19. The largest absolute Gasteiger partial charge is 0.471 e. The van der Waals surface area contributed by atoms with Crippen molar-refractivity contribution in [2.45, 2.75) is 39.4 Å². The van der Waals surface area contributed by atoms with Crippen LogP contribution in [-0.4, -0.2) is 46.0 Å².